The Kier molecular flexibility index (Phi) is 6.54. The molecule has 2 aromatic carbocycles. The molecule has 1 amide bonds. The third-order valence-corrected chi connectivity index (χ3v) is 5.60. The summed E-state index contributed by atoms with van der Waals surface area (Å²) in [5, 5.41) is 3.51. The highest BCUT2D eigenvalue weighted by Gasteiger charge is 2.14. The minimum absolute atomic E-state index is 0.0734. The zero-order valence-electron chi connectivity index (χ0n) is 17.2. The summed E-state index contributed by atoms with van der Waals surface area (Å²) in [6, 6.07) is 15.5. The molecule has 1 aromatic heterocycles. The molecule has 0 unspecified atom stereocenters. The van der Waals surface area contributed by atoms with Crippen LogP contribution in [0.4, 0.5) is 5.69 Å². The Balaban J connectivity index is 1.81. The number of carbonyl (C=O) groups excluding carboxylic acids is 1. The molecule has 0 saturated carbocycles. The third kappa shape index (κ3) is 5.35. The van der Waals surface area contributed by atoms with Gasteiger partial charge in [-0.05, 0) is 44.4 Å². The first-order valence-electron chi connectivity index (χ1n) is 9.46. The van der Waals surface area contributed by atoms with Crippen LogP contribution in [0.15, 0.2) is 58.5 Å². The monoisotopic (exact) mass is 407 g/mol. The van der Waals surface area contributed by atoms with Gasteiger partial charge in [0.15, 0.2) is 5.16 Å². The molecule has 1 heterocycles. The number of hydrogen-bond acceptors (Lipinski definition) is 4. The van der Waals surface area contributed by atoms with Crippen molar-refractivity contribution >= 4 is 23.4 Å². The number of carbonyl (C=O) groups is 1. The van der Waals surface area contributed by atoms with Crippen LogP contribution in [0.1, 0.15) is 27.9 Å². The van der Waals surface area contributed by atoms with Crippen molar-refractivity contribution in [3.8, 4) is 0 Å². The average molecular weight is 408 g/mol. The molecule has 0 saturated heterocycles. The first-order valence-corrected chi connectivity index (χ1v) is 10.4. The van der Waals surface area contributed by atoms with Crippen LogP contribution in [-0.2, 0) is 17.1 Å². The quantitative estimate of drug-likeness (QED) is 0.486. The topological polar surface area (TPSA) is 64.0 Å². The van der Waals surface area contributed by atoms with Gasteiger partial charge in [0.05, 0.1) is 0 Å². The Hall–Kier alpha value is -2.86. The fraction of sp³-hybridized carbons (Fsp3) is 0.261. The fourth-order valence-corrected chi connectivity index (χ4v) is 4.28. The molecule has 0 bridgehead atoms. The predicted octanol–water partition coefficient (Wildman–Crippen LogP) is 4.41. The summed E-state index contributed by atoms with van der Waals surface area (Å²) in [5.41, 5.74) is 5.51. The molecule has 0 aliphatic heterocycles. The van der Waals surface area contributed by atoms with Gasteiger partial charge in [-0.25, -0.2) is 4.98 Å². The lowest BCUT2D eigenvalue weighted by Gasteiger charge is -2.15. The van der Waals surface area contributed by atoms with E-state index in [0.29, 0.717) is 16.6 Å². The van der Waals surface area contributed by atoms with E-state index in [1.807, 2.05) is 63.2 Å². The summed E-state index contributed by atoms with van der Waals surface area (Å²) in [7, 11) is 0. The minimum atomic E-state index is -0.241. The van der Waals surface area contributed by atoms with Gasteiger partial charge in [-0.2, -0.15) is 0 Å². The number of nitrogens with zero attached hydrogens (tertiary/aromatic N) is 2. The Labute approximate surface area is 175 Å². The van der Waals surface area contributed by atoms with Crippen molar-refractivity contribution in [2.45, 2.75) is 45.1 Å². The van der Waals surface area contributed by atoms with Crippen LogP contribution in [0.3, 0.4) is 0 Å². The number of amides is 1. The summed E-state index contributed by atoms with van der Waals surface area (Å²) >= 11 is 1.46. The maximum atomic E-state index is 12.7. The van der Waals surface area contributed by atoms with E-state index in [-0.39, 0.29) is 18.0 Å². The number of thioether (sulfide) groups is 1. The largest absolute Gasteiger partial charge is 0.324 e. The van der Waals surface area contributed by atoms with Crippen molar-refractivity contribution < 1.29 is 4.79 Å². The highest BCUT2D eigenvalue weighted by molar-refractivity contribution is 7.98. The van der Waals surface area contributed by atoms with Crippen molar-refractivity contribution in [2.24, 2.45) is 0 Å². The molecule has 0 atom stereocenters. The van der Waals surface area contributed by atoms with Gasteiger partial charge in [-0.15, -0.1) is 0 Å². The Morgan fingerprint density at radius 1 is 1.03 bits per heavy atom. The third-order valence-electron chi connectivity index (χ3n) is 4.56. The summed E-state index contributed by atoms with van der Waals surface area (Å²) in [5.74, 6) is 0.434. The predicted molar refractivity (Wildman–Crippen MR) is 119 cm³/mol. The second-order valence-corrected chi connectivity index (χ2v) is 8.14. The summed E-state index contributed by atoms with van der Waals surface area (Å²) < 4.78 is 1.44. The van der Waals surface area contributed by atoms with E-state index in [4.69, 9.17) is 0 Å². The zero-order chi connectivity index (χ0) is 21.0. The van der Waals surface area contributed by atoms with E-state index >= 15 is 0 Å². The summed E-state index contributed by atoms with van der Waals surface area (Å²) in [4.78, 5) is 29.8. The minimum Gasteiger partial charge on any atom is -0.324 e. The van der Waals surface area contributed by atoms with Crippen LogP contribution in [0.2, 0.25) is 0 Å². The lowest BCUT2D eigenvalue weighted by atomic mass is 10.1. The summed E-state index contributed by atoms with van der Waals surface area (Å²) in [6.45, 7) is 7.68. The standard InChI is InChI=1S/C23H25N3O2S/c1-15-10-16(2)22(17(3)11-15)25-20(27)13-26-21(28)12-18(4)24-23(26)29-14-19-8-6-5-7-9-19/h5-12H,13-14H2,1-4H3,(H,25,27). The molecule has 0 radical (unpaired) electrons. The number of hydrogen-bond donors (Lipinski definition) is 1. The molecule has 0 spiro atoms. The van der Waals surface area contributed by atoms with E-state index in [9.17, 15) is 9.59 Å². The first-order chi connectivity index (χ1) is 13.8. The lowest BCUT2D eigenvalue weighted by Crippen LogP contribution is -2.30. The van der Waals surface area contributed by atoms with Gasteiger partial charge in [0.1, 0.15) is 6.54 Å². The number of anilines is 1. The molecule has 6 heteroatoms. The van der Waals surface area contributed by atoms with E-state index in [1.165, 1.54) is 22.4 Å². The highest BCUT2D eigenvalue weighted by Crippen LogP contribution is 2.23. The molecule has 29 heavy (non-hydrogen) atoms. The van der Waals surface area contributed by atoms with Crippen LogP contribution >= 0.6 is 11.8 Å². The van der Waals surface area contributed by atoms with E-state index in [1.54, 1.807) is 6.92 Å². The van der Waals surface area contributed by atoms with Crippen LogP contribution in [-0.4, -0.2) is 15.5 Å². The fourth-order valence-electron chi connectivity index (χ4n) is 3.27. The Morgan fingerprint density at radius 3 is 2.34 bits per heavy atom. The average Bonchev–Trinajstić information content (AvgIpc) is 2.66. The molecule has 5 nitrogen and oxygen atoms in total. The van der Waals surface area contributed by atoms with E-state index in [0.717, 1.165) is 27.9 Å². The zero-order valence-corrected chi connectivity index (χ0v) is 18.0. The molecule has 150 valence electrons. The van der Waals surface area contributed by atoms with Crippen LogP contribution in [0.5, 0.6) is 0 Å². The van der Waals surface area contributed by atoms with Crippen molar-refractivity contribution in [1.82, 2.24) is 9.55 Å². The highest BCUT2D eigenvalue weighted by atomic mass is 32.2. The van der Waals surface area contributed by atoms with E-state index in [2.05, 4.69) is 10.3 Å². The number of nitrogens with one attached hydrogen (secondary N) is 1. The molecule has 0 fully saturated rings. The van der Waals surface area contributed by atoms with Gasteiger partial charge >= 0.3 is 0 Å². The molecular weight excluding hydrogens is 382 g/mol. The van der Waals surface area contributed by atoms with Gasteiger partial charge in [-0.1, -0.05) is 59.8 Å². The van der Waals surface area contributed by atoms with Crippen molar-refractivity contribution in [2.75, 3.05) is 5.32 Å². The van der Waals surface area contributed by atoms with Gasteiger partial charge in [0, 0.05) is 23.2 Å². The SMILES string of the molecule is Cc1cc(C)c(NC(=O)Cn2c(SCc3ccccc3)nc(C)cc2=O)c(C)c1. The van der Waals surface area contributed by atoms with Crippen molar-refractivity contribution in [3.63, 3.8) is 0 Å². The van der Waals surface area contributed by atoms with Crippen LogP contribution in [0, 0.1) is 27.7 Å². The van der Waals surface area contributed by atoms with Gasteiger partial charge in [0.2, 0.25) is 5.91 Å². The number of rotatable bonds is 6. The van der Waals surface area contributed by atoms with Gasteiger partial charge in [0.25, 0.3) is 5.56 Å². The molecule has 0 aliphatic rings. The number of aryl methyl sites for hydroxylation is 4. The second-order valence-electron chi connectivity index (χ2n) is 7.20. The Morgan fingerprint density at radius 2 is 1.69 bits per heavy atom. The van der Waals surface area contributed by atoms with Crippen molar-refractivity contribution in [1.29, 1.82) is 0 Å². The van der Waals surface area contributed by atoms with Gasteiger partial charge in [-0.3, -0.25) is 14.2 Å². The smallest absolute Gasteiger partial charge is 0.254 e. The number of benzene rings is 2. The molecular formula is C23H25N3O2S. The summed E-state index contributed by atoms with van der Waals surface area (Å²) in [6.07, 6.45) is 0. The maximum absolute atomic E-state index is 12.7. The second kappa shape index (κ2) is 9.09. The maximum Gasteiger partial charge on any atom is 0.254 e. The van der Waals surface area contributed by atoms with Crippen LogP contribution < -0.4 is 10.9 Å². The molecule has 3 aromatic rings. The number of aromatic nitrogens is 2. The van der Waals surface area contributed by atoms with E-state index < -0.39 is 0 Å². The molecule has 3 rings (SSSR count). The normalized spacial score (nSPS) is 10.8. The van der Waals surface area contributed by atoms with Crippen molar-refractivity contribution in [3.05, 3.63) is 86.8 Å². The van der Waals surface area contributed by atoms with Crippen LogP contribution in [0.25, 0.3) is 0 Å². The lowest BCUT2D eigenvalue weighted by molar-refractivity contribution is -0.116. The first kappa shape index (κ1) is 20.9. The molecule has 1 N–H and O–H groups in total. The Bertz CT molecular complexity index is 1070. The molecule has 0 aliphatic carbocycles. The van der Waals surface area contributed by atoms with Gasteiger partial charge < -0.3 is 5.32 Å².